The van der Waals surface area contributed by atoms with E-state index in [0.717, 1.165) is 24.7 Å². The Bertz CT molecular complexity index is 320. The SMILES string of the molecule is CNC1(C#N)CCCC(N2CCC(C(C)C)C2)C1. The molecule has 2 rings (SSSR count). The minimum atomic E-state index is -0.265. The van der Waals surface area contributed by atoms with Crippen molar-refractivity contribution in [1.82, 2.24) is 10.2 Å². The van der Waals surface area contributed by atoms with Crippen LogP contribution in [0.1, 0.15) is 46.0 Å². The molecule has 0 radical (unpaired) electrons. The largest absolute Gasteiger partial charge is 0.302 e. The van der Waals surface area contributed by atoms with Crippen molar-refractivity contribution in [3.8, 4) is 6.07 Å². The molecule has 0 aromatic carbocycles. The van der Waals surface area contributed by atoms with Gasteiger partial charge in [0.15, 0.2) is 0 Å². The monoisotopic (exact) mass is 249 g/mol. The quantitative estimate of drug-likeness (QED) is 0.834. The van der Waals surface area contributed by atoms with E-state index >= 15 is 0 Å². The Kier molecular flexibility index (Phi) is 4.29. The average Bonchev–Trinajstić information content (AvgIpc) is 2.88. The van der Waals surface area contributed by atoms with Crippen LogP contribution < -0.4 is 5.32 Å². The second-order valence-corrected chi connectivity index (χ2v) is 6.48. The van der Waals surface area contributed by atoms with Crippen LogP contribution in [0.3, 0.4) is 0 Å². The van der Waals surface area contributed by atoms with Crippen molar-refractivity contribution in [2.75, 3.05) is 20.1 Å². The Hall–Kier alpha value is -0.590. The standard InChI is InChI=1S/C15H27N3/c1-12(2)13-6-8-18(10-13)14-5-4-7-15(9-14,11-16)17-3/h12-14,17H,4-10H2,1-3H3. The van der Waals surface area contributed by atoms with Gasteiger partial charge in [-0.05, 0) is 57.5 Å². The second-order valence-electron chi connectivity index (χ2n) is 6.48. The first kappa shape index (κ1) is 13.8. The third-order valence-electron chi connectivity index (χ3n) is 5.13. The van der Waals surface area contributed by atoms with Crippen LogP contribution in [0.25, 0.3) is 0 Å². The first-order valence-corrected chi connectivity index (χ1v) is 7.44. The van der Waals surface area contributed by atoms with Crippen LogP contribution >= 0.6 is 0 Å². The van der Waals surface area contributed by atoms with Crippen LogP contribution in [0.4, 0.5) is 0 Å². The van der Waals surface area contributed by atoms with Crippen molar-refractivity contribution in [3.05, 3.63) is 0 Å². The fourth-order valence-electron chi connectivity index (χ4n) is 3.63. The number of rotatable bonds is 3. The van der Waals surface area contributed by atoms with Gasteiger partial charge >= 0.3 is 0 Å². The molecule has 18 heavy (non-hydrogen) atoms. The van der Waals surface area contributed by atoms with Crippen LogP contribution in [0, 0.1) is 23.2 Å². The van der Waals surface area contributed by atoms with Crippen molar-refractivity contribution in [1.29, 1.82) is 5.26 Å². The van der Waals surface area contributed by atoms with Gasteiger partial charge in [-0.15, -0.1) is 0 Å². The molecule has 2 fully saturated rings. The van der Waals surface area contributed by atoms with Crippen molar-refractivity contribution in [2.45, 2.75) is 57.5 Å². The van der Waals surface area contributed by atoms with Crippen LogP contribution in [-0.4, -0.2) is 36.6 Å². The van der Waals surface area contributed by atoms with Crippen molar-refractivity contribution in [2.24, 2.45) is 11.8 Å². The third-order valence-corrected chi connectivity index (χ3v) is 5.13. The molecule has 3 heteroatoms. The van der Waals surface area contributed by atoms with Crippen LogP contribution in [0.5, 0.6) is 0 Å². The molecule has 0 bridgehead atoms. The molecule has 0 aromatic heterocycles. The molecule has 102 valence electrons. The molecule has 1 heterocycles. The normalized spacial score (nSPS) is 37.9. The molecule has 2 aliphatic rings. The van der Waals surface area contributed by atoms with E-state index in [0.29, 0.717) is 6.04 Å². The summed E-state index contributed by atoms with van der Waals surface area (Å²) in [6.45, 7) is 7.15. The first-order chi connectivity index (χ1) is 8.60. The van der Waals surface area contributed by atoms with E-state index in [1.54, 1.807) is 0 Å². The lowest BCUT2D eigenvalue weighted by Crippen LogP contribution is -2.51. The number of likely N-dealkylation sites (tertiary alicyclic amines) is 1. The summed E-state index contributed by atoms with van der Waals surface area (Å²) in [6.07, 6.45) is 5.81. The van der Waals surface area contributed by atoms with Crippen molar-refractivity contribution in [3.63, 3.8) is 0 Å². The smallest absolute Gasteiger partial charge is 0.108 e. The zero-order chi connectivity index (χ0) is 13.2. The summed E-state index contributed by atoms with van der Waals surface area (Å²) < 4.78 is 0. The lowest BCUT2D eigenvalue weighted by Gasteiger charge is -2.40. The van der Waals surface area contributed by atoms with Gasteiger partial charge in [0.25, 0.3) is 0 Å². The van der Waals surface area contributed by atoms with E-state index < -0.39 is 0 Å². The Morgan fingerprint density at radius 3 is 2.72 bits per heavy atom. The van der Waals surface area contributed by atoms with E-state index in [1.807, 2.05) is 7.05 Å². The topological polar surface area (TPSA) is 39.1 Å². The highest BCUT2D eigenvalue weighted by Crippen LogP contribution is 2.34. The number of nitriles is 1. The summed E-state index contributed by atoms with van der Waals surface area (Å²) in [5.74, 6) is 1.65. The fourth-order valence-corrected chi connectivity index (χ4v) is 3.63. The van der Waals surface area contributed by atoms with Gasteiger partial charge in [0, 0.05) is 12.6 Å². The molecule has 1 aliphatic carbocycles. The summed E-state index contributed by atoms with van der Waals surface area (Å²) in [6, 6.07) is 3.14. The molecular formula is C15H27N3. The molecule has 3 nitrogen and oxygen atoms in total. The summed E-state index contributed by atoms with van der Waals surface area (Å²) in [4.78, 5) is 2.65. The lowest BCUT2D eigenvalue weighted by atomic mass is 9.79. The van der Waals surface area contributed by atoms with Gasteiger partial charge < -0.3 is 5.32 Å². The first-order valence-electron chi connectivity index (χ1n) is 7.44. The highest BCUT2D eigenvalue weighted by Gasteiger charge is 2.39. The van der Waals surface area contributed by atoms with Crippen LogP contribution in [-0.2, 0) is 0 Å². The molecule has 3 unspecified atom stereocenters. The van der Waals surface area contributed by atoms with Gasteiger partial charge in [-0.3, -0.25) is 4.90 Å². The van der Waals surface area contributed by atoms with Gasteiger partial charge in [0.2, 0.25) is 0 Å². The maximum absolute atomic E-state index is 9.41. The maximum atomic E-state index is 9.41. The molecule has 3 atom stereocenters. The molecule has 0 spiro atoms. The van der Waals surface area contributed by atoms with Gasteiger partial charge in [-0.25, -0.2) is 0 Å². The summed E-state index contributed by atoms with van der Waals surface area (Å²) in [5.41, 5.74) is -0.265. The zero-order valence-corrected chi connectivity index (χ0v) is 12.1. The molecule has 0 aromatic rings. The van der Waals surface area contributed by atoms with Crippen LogP contribution in [0.2, 0.25) is 0 Å². The maximum Gasteiger partial charge on any atom is 0.108 e. The third kappa shape index (κ3) is 2.70. The highest BCUT2D eigenvalue weighted by molar-refractivity contribution is 5.10. The van der Waals surface area contributed by atoms with E-state index in [1.165, 1.54) is 32.4 Å². The number of nitrogens with zero attached hydrogens (tertiary/aromatic N) is 2. The Balaban J connectivity index is 1.96. The van der Waals surface area contributed by atoms with E-state index in [2.05, 4.69) is 30.1 Å². The Morgan fingerprint density at radius 2 is 2.17 bits per heavy atom. The van der Waals surface area contributed by atoms with Gasteiger partial charge in [0.05, 0.1) is 6.07 Å². The number of hydrogen-bond acceptors (Lipinski definition) is 3. The van der Waals surface area contributed by atoms with Crippen molar-refractivity contribution < 1.29 is 0 Å². The molecule has 1 saturated heterocycles. The molecule has 0 amide bonds. The summed E-state index contributed by atoms with van der Waals surface area (Å²) in [5, 5.41) is 12.7. The molecular weight excluding hydrogens is 222 g/mol. The van der Waals surface area contributed by atoms with E-state index in [-0.39, 0.29) is 5.54 Å². The van der Waals surface area contributed by atoms with Crippen LogP contribution in [0.15, 0.2) is 0 Å². The Labute approximate surface area is 112 Å². The predicted molar refractivity (Wildman–Crippen MR) is 74.2 cm³/mol. The zero-order valence-electron chi connectivity index (χ0n) is 12.1. The van der Waals surface area contributed by atoms with Gasteiger partial charge in [0.1, 0.15) is 5.54 Å². The second kappa shape index (κ2) is 5.59. The summed E-state index contributed by atoms with van der Waals surface area (Å²) in [7, 11) is 1.94. The minimum Gasteiger partial charge on any atom is -0.302 e. The van der Waals surface area contributed by atoms with Crippen molar-refractivity contribution >= 4 is 0 Å². The lowest BCUT2D eigenvalue weighted by molar-refractivity contribution is 0.140. The molecule has 1 aliphatic heterocycles. The molecule has 1 N–H and O–H groups in total. The number of hydrogen-bond donors (Lipinski definition) is 1. The average molecular weight is 249 g/mol. The minimum absolute atomic E-state index is 0.265. The highest BCUT2D eigenvalue weighted by atomic mass is 15.2. The fraction of sp³-hybridized carbons (Fsp3) is 0.933. The van der Waals surface area contributed by atoms with Gasteiger partial charge in [-0.1, -0.05) is 13.8 Å². The number of nitrogens with one attached hydrogen (secondary N) is 1. The molecule has 1 saturated carbocycles. The van der Waals surface area contributed by atoms with E-state index in [4.69, 9.17) is 0 Å². The summed E-state index contributed by atoms with van der Waals surface area (Å²) >= 11 is 0. The van der Waals surface area contributed by atoms with E-state index in [9.17, 15) is 5.26 Å². The predicted octanol–water partition coefficient (Wildman–Crippen LogP) is 2.39. The Morgan fingerprint density at radius 1 is 1.39 bits per heavy atom. The van der Waals surface area contributed by atoms with Gasteiger partial charge in [-0.2, -0.15) is 5.26 Å².